The van der Waals surface area contributed by atoms with Crippen molar-refractivity contribution < 1.29 is 4.79 Å². The second-order valence-electron chi connectivity index (χ2n) is 2.08. The van der Waals surface area contributed by atoms with Gasteiger partial charge in [0.15, 0.2) is 0 Å². The van der Waals surface area contributed by atoms with Crippen LogP contribution in [0.1, 0.15) is 19.3 Å². The van der Waals surface area contributed by atoms with E-state index in [1.54, 1.807) is 0 Å². The summed E-state index contributed by atoms with van der Waals surface area (Å²) in [5.41, 5.74) is 10.5. The van der Waals surface area contributed by atoms with Crippen LogP contribution in [0.25, 0.3) is 0 Å². The Bertz CT molecular complexity index is 80.1. The van der Waals surface area contributed by atoms with Crippen molar-refractivity contribution in [2.24, 2.45) is 11.5 Å². The maximum atomic E-state index is 9.94. The van der Waals surface area contributed by atoms with E-state index < -0.39 is 0 Å². The molecule has 0 saturated heterocycles. The number of halogens is 1. The Morgan fingerprint density at radius 3 is 2.40 bits per heavy atom. The molecule has 0 saturated carbocycles. The number of rotatable bonds is 5. The van der Waals surface area contributed by atoms with Crippen LogP contribution in [0.5, 0.6) is 0 Å². The van der Waals surface area contributed by atoms with Crippen molar-refractivity contribution in [3.05, 3.63) is 0 Å². The van der Waals surface area contributed by atoms with Gasteiger partial charge in [0.1, 0.15) is 6.29 Å². The summed E-state index contributed by atoms with van der Waals surface area (Å²) in [5, 5.41) is 0. The zero-order valence-electron chi connectivity index (χ0n) is 5.95. The second-order valence-corrected chi connectivity index (χ2v) is 2.08. The maximum Gasteiger partial charge on any atom is 0.136 e. The first-order chi connectivity index (χ1) is 4.31. The fourth-order valence-electron chi connectivity index (χ4n) is 0.592. The normalized spacial score (nSPS) is 11.8. The minimum atomic E-state index is -0.281. The number of hydrogen-bond donors (Lipinski definition) is 2. The van der Waals surface area contributed by atoms with E-state index >= 15 is 0 Å². The van der Waals surface area contributed by atoms with Crippen LogP contribution in [0.3, 0.4) is 0 Å². The first-order valence-corrected chi connectivity index (χ1v) is 3.22. The monoisotopic (exact) mass is 166 g/mol. The quantitative estimate of drug-likeness (QED) is 0.449. The lowest BCUT2D eigenvalue weighted by atomic mass is 10.1. The van der Waals surface area contributed by atoms with E-state index in [0.29, 0.717) is 6.54 Å². The molecule has 0 unspecified atom stereocenters. The molecule has 62 valence electrons. The molecule has 4 N–H and O–H groups in total. The van der Waals surface area contributed by atoms with Gasteiger partial charge in [-0.15, -0.1) is 12.4 Å². The van der Waals surface area contributed by atoms with Gasteiger partial charge >= 0.3 is 0 Å². The molecule has 0 rings (SSSR count). The highest BCUT2D eigenvalue weighted by atomic mass is 35.5. The minimum Gasteiger partial charge on any atom is -0.330 e. The van der Waals surface area contributed by atoms with Crippen LogP contribution in [0.2, 0.25) is 0 Å². The smallest absolute Gasteiger partial charge is 0.136 e. The number of hydrogen-bond acceptors (Lipinski definition) is 3. The lowest BCUT2D eigenvalue weighted by Crippen LogP contribution is -2.21. The topological polar surface area (TPSA) is 69.1 Å². The van der Waals surface area contributed by atoms with Crippen LogP contribution in [-0.2, 0) is 4.79 Å². The van der Waals surface area contributed by atoms with Gasteiger partial charge in [-0.3, -0.25) is 0 Å². The third kappa shape index (κ3) is 7.88. The van der Waals surface area contributed by atoms with Crippen LogP contribution in [-0.4, -0.2) is 18.9 Å². The van der Waals surface area contributed by atoms with Crippen LogP contribution in [0, 0.1) is 0 Å². The molecule has 0 amide bonds. The van der Waals surface area contributed by atoms with Gasteiger partial charge in [0, 0.05) is 0 Å². The van der Waals surface area contributed by atoms with Gasteiger partial charge in [-0.25, -0.2) is 0 Å². The molecule has 0 spiro atoms. The predicted molar refractivity (Wildman–Crippen MR) is 44.2 cm³/mol. The molecule has 1 atom stereocenters. The molecule has 0 fully saturated rings. The van der Waals surface area contributed by atoms with Crippen molar-refractivity contribution in [1.29, 1.82) is 0 Å². The van der Waals surface area contributed by atoms with Crippen molar-refractivity contribution in [1.82, 2.24) is 0 Å². The van der Waals surface area contributed by atoms with E-state index in [4.69, 9.17) is 11.5 Å². The highest BCUT2D eigenvalue weighted by Crippen LogP contribution is 1.94. The van der Waals surface area contributed by atoms with Crippen LogP contribution < -0.4 is 11.5 Å². The molecule has 4 heteroatoms. The number of unbranched alkanes of at least 4 members (excludes halogenated alkanes) is 1. The van der Waals surface area contributed by atoms with Crippen molar-refractivity contribution >= 4 is 18.7 Å². The van der Waals surface area contributed by atoms with Crippen LogP contribution >= 0.6 is 12.4 Å². The van der Waals surface area contributed by atoms with Gasteiger partial charge in [0.2, 0.25) is 0 Å². The number of carbonyl (C=O) groups is 1. The summed E-state index contributed by atoms with van der Waals surface area (Å²) < 4.78 is 0. The standard InChI is InChI=1S/C6H14N2O.ClH/c7-4-2-1-3-6(8)5-9;/h5-6H,1-4,7-8H2;1H/t6-;/m0./s1. The summed E-state index contributed by atoms with van der Waals surface area (Å²) in [6, 6.07) is -0.281. The molecule has 0 aromatic rings. The fraction of sp³-hybridized carbons (Fsp3) is 0.833. The average Bonchev–Trinajstić information content (AvgIpc) is 1.89. The van der Waals surface area contributed by atoms with E-state index in [-0.39, 0.29) is 18.4 Å². The average molecular weight is 167 g/mol. The van der Waals surface area contributed by atoms with E-state index in [2.05, 4.69) is 0 Å². The lowest BCUT2D eigenvalue weighted by molar-refractivity contribution is -0.109. The summed E-state index contributed by atoms with van der Waals surface area (Å²) in [6.45, 7) is 0.686. The molecule has 10 heavy (non-hydrogen) atoms. The molecular formula is C6H15ClN2O. The van der Waals surface area contributed by atoms with Crippen molar-refractivity contribution in [2.75, 3.05) is 6.54 Å². The molecule has 0 heterocycles. The molecular weight excluding hydrogens is 152 g/mol. The van der Waals surface area contributed by atoms with Crippen molar-refractivity contribution in [3.63, 3.8) is 0 Å². The highest BCUT2D eigenvalue weighted by Gasteiger charge is 1.96. The van der Waals surface area contributed by atoms with Crippen LogP contribution in [0.15, 0.2) is 0 Å². The predicted octanol–water partition coefficient (Wildman–Crippen LogP) is 0.0634. The first-order valence-electron chi connectivity index (χ1n) is 3.22. The zero-order valence-corrected chi connectivity index (χ0v) is 6.77. The summed E-state index contributed by atoms with van der Waals surface area (Å²) in [4.78, 5) is 9.94. The van der Waals surface area contributed by atoms with Crippen molar-refractivity contribution in [2.45, 2.75) is 25.3 Å². The third-order valence-electron chi connectivity index (χ3n) is 1.17. The summed E-state index contributed by atoms with van der Waals surface area (Å²) in [7, 11) is 0. The number of carbonyl (C=O) groups excluding carboxylic acids is 1. The molecule has 0 aliphatic carbocycles. The molecule has 0 aliphatic rings. The summed E-state index contributed by atoms with van der Waals surface area (Å²) >= 11 is 0. The minimum absolute atomic E-state index is 0. The van der Waals surface area contributed by atoms with E-state index in [0.717, 1.165) is 25.5 Å². The number of aldehydes is 1. The van der Waals surface area contributed by atoms with Gasteiger partial charge in [0.05, 0.1) is 6.04 Å². The number of nitrogens with two attached hydrogens (primary N) is 2. The maximum absolute atomic E-state index is 9.94. The Morgan fingerprint density at radius 1 is 1.40 bits per heavy atom. The largest absolute Gasteiger partial charge is 0.330 e. The molecule has 0 radical (unpaired) electrons. The Morgan fingerprint density at radius 2 is 2.00 bits per heavy atom. The molecule has 0 aromatic heterocycles. The SMILES string of the molecule is Cl.NCCCC[C@H](N)C=O. The summed E-state index contributed by atoms with van der Waals surface area (Å²) in [6.07, 6.45) is 3.45. The zero-order chi connectivity index (χ0) is 7.11. The fourth-order valence-corrected chi connectivity index (χ4v) is 0.592. The van der Waals surface area contributed by atoms with Gasteiger partial charge in [0.25, 0.3) is 0 Å². The lowest BCUT2D eigenvalue weighted by Gasteiger charge is -2.00. The Hall–Kier alpha value is -0.120. The Labute approximate surface area is 67.6 Å². The van der Waals surface area contributed by atoms with Crippen molar-refractivity contribution in [3.8, 4) is 0 Å². The summed E-state index contributed by atoms with van der Waals surface area (Å²) in [5.74, 6) is 0. The Kier molecular flexibility index (Phi) is 11.1. The first kappa shape index (κ1) is 12.5. The van der Waals surface area contributed by atoms with E-state index in [1.165, 1.54) is 0 Å². The second kappa shape index (κ2) is 8.88. The van der Waals surface area contributed by atoms with Crippen LogP contribution in [0.4, 0.5) is 0 Å². The molecule has 0 aliphatic heterocycles. The van der Waals surface area contributed by atoms with Gasteiger partial charge in [-0.1, -0.05) is 6.42 Å². The molecule has 0 bridgehead atoms. The molecule has 0 aromatic carbocycles. The van der Waals surface area contributed by atoms with E-state index in [9.17, 15) is 4.79 Å². The van der Waals surface area contributed by atoms with Gasteiger partial charge in [-0.2, -0.15) is 0 Å². The third-order valence-corrected chi connectivity index (χ3v) is 1.17. The molecule has 3 nitrogen and oxygen atoms in total. The van der Waals surface area contributed by atoms with E-state index in [1.807, 2.05) is 0 Å². The van der Waals surface area contributed by atoms with Gasteiger partial charge in [-0.05, 0) is 19.4 Å². The Balaban J connectivity index is 0. The highest BCUT2D eigenvalue weighted by molar-refractivity contribution is 5.85. The van der Waals surface area contributed by atoms with Gasteiger partial charge < -0.3 is 16.3 Å².